The molecule has 5 nitrogen and oxygen atoms in total. The molecule has 0 saturated carbocycles. The van der Waals surface area contributed by atoms with Crippen LogP contribution in [0.15, 0.2) is 40.8 Å². The maximum absolute atomic E-state index is 12.0. The first-order chi connectivity index (χ1) is 11.1. The minimum absolute atomic E-state index is 0.0423. The van der Waals surface area contributed by atoms with Gasteiger partial charge in [0.05, 0.1) is 14.2 Å². The molecule has 1 atom stereocenters. The van der Waals surface area contributed by atoms with Crippen molar-refractivity contribution in [2.24, 2.45) is 0 Å². The summed E-state index contributed by atoms with van der Waals surface area (Å²) >= 11 is 0. The van der Waals surface area contributed by atoms with E-state index in [1.807, 2.05) is 50.4 Å². The van der Waals surface area contributed by atoms with E-state index >= 15 is 0 Å². The van der Waals surface area contributed by atoms with Gasteiger partial charge in [0.15, 0.2) is 12.3 Å². The molecule has 1 aromatic carbocycles. The number of carbonyl (C=O) groups excluding carboxylic acids is 1. The molecule has 124 valence electrons. The van der Waals surface area contributed by atoms with Crippen LogP contribution in [-0.4, -0.2) is 33.2 Å². The van der Waals surface area contributed by atoms with Crippen LogP contribution in [0.4, 0.5) is 0 Å². The van der Waals surface area contributed by atoms with Crippen molar-refractivity contribution < 1.29 is 18.8 Å². The second-order valence-electron chi connectivity index (χ2n) is 5.73. The predicted octanol–water partition coefficient (Wildman–Crippen LogP) is 0.970. The number of hydrogen-bond donors (Lipinski definition) is 2. The summed E-state index contributed by atoms with van der Waals surface area (Å²) in [6.45, 7) is 3.65. The van der Waals surface area contributed by atoms with Crippen LogP contribution in [0, 0.1) is 6.92 Å². The van der Waals surface area contributed by atoms with Gasteiger partial charge in [0.25, 0.3) is 5.91 Å². The van der Waals surface area contributed by atoms with Crippen molar-refractivity contribution in [2.75, 3.05) is 27.2 Å². The number of methoxy groups -OCH3 is 1. The molecule has 5 heteroatoms. The Labute approximate surface area is 137 Å². The van der Waals surface area contributed by atoms with Gasteiger partial charge >= 0.3 is 0 Å². The fraction of sp³-hybridized carbons (Fsp3) is 0.389. The molecule has 0 radical (unpaired) electrons. The SMILES string of the molecule is COc1ccccc1CCNC(=O)C[NH+](C)Cc1ccc(C)o1. The third kappa shape index (κ3) is 5.45. The number of quaternary nitrogens is 1. The summed E-state index contributed by atoms with van der Waals surface area (Å²) in [7, 11) is 3.64. The van der Waals surface area contributed by atoms with Gasteiger partial charge in [-0.05, 0) is 37.1 Å². The summed E-state index contributed by atoms with van der Waals surface area (Å²) in [6, 6.07) is 11.8. The first-order valence-corrected chi connectivity index (χ1v) is 7.83. The number of ether oxygens (including phenoxy) is 1. The Morgan fingerprint density at radius 1 is 1.26 bits per heavy atom. The Kier molecular flexibility index (Phi) is 6.23. The molecule has 1 aromatic heterocycles. The van der Waals surface area contributed by atoms with Gasteiger partial charge in [0.1, 0.15) is 18.1 Å². The van der Waals surface area contributed by atoms with Gasteiger partial charge in [-0.1, -0.05) is 18.2 Å². The number of rotatable bonds is 8. The van der Waals surface area contributed by atoms with E-state index < -0.39 is 0 Å². The van der Waals surface area contributed by atoms with Crippen LogP contribution in [0.3, 0.4) is 0 Å². The summed E-state index contributed by atoms with van der Waals surface area (Å²) in [6.07, 6.45) is 0.756. The van der Waals surface area contributed by atoms with Crippen molar-refractivity contribution in [3.8, 4) is 5.75 Å². The monoisotopic (exact) mass is 317 g/mol. The van der Waals surface area contributed by atoms with Crippen molar-refractivity contribution >= 4 is 5.91 Å². The zero-order chi connectivity index (χ0) is 16.7. The highest BCUT2D eigenvalue weighted by Gasteiger charge is 2.12. The number of aryl methyl sites for hydroxylation is 1. The van der Waals surface area contributed by atoms with Crippen LogP contribution in [0.5, 0.6) is 5.75 Å². The van der Waals surface area contributed by atoms with Crippen LogP contribution in [0.25, 0.3) is 0 Å². The van der Waals surface area contributed by atoms with Crippen molar-refractivity contribution in [2.45, 2.75) is 19.9 Å². The Hall–Kier alpha value is -2.27. The molecule has 23 heavy (non-hydrogen) atoms. The molecule has 1 heterocycles. The fourth-order valence-corrected chi connectivity index (χ4v) is 2.52. The molecule has 1 amide bonds. The number of para-hydroxylation sites is 1. The minimum atomic E-state index is 0.0423. The first kappa shape index (κ1) is 17.1. The number of likely N-dealkylation sites (N-methyl/N-ethyl adjacent to an activating group) is 1. The number of carbonyl (C=O) groups is 1. The third-order valence-electron chi connectivity index (χ3n) is 3.64. The van der Waals surface area contributed by atoms with Gasteiger partial charge in [0.2, 0.25) is 0 Å². The zero-order valence-corrected chi connectivity index (χ0v) is 14.0. The van der Waals surface area contributed by atoms with E-state index in [9.17, 15) is 4.79 Å². The number of nitrogens with one attached hydrogen (secondary N) is 2. The minimum Gasteiger partial charge on any atom is -0.496 e. The second-order valence-corrected chi connectivity index (χ2v) is 5.73. The Bertz CT molecular complexity index is 637. The highest BCUT2D eigenvalue weighted by molar-refractivity contribution is 5.76. The number of benzene rings is 1. The molecule has 2 rings (SSSR count). The van der Waals surface area contributed by atoms with E-state index in [0.29, 0.717) is 19.6 Å². The standard InChI is InChI=1S/C18H24N2O3/c1-14-8-9-16(23-14)12-20(2)13-18(21)19-11-10-15-6-4-5-7-17(15)22-3/h4-9H,10-13H2,1-3H3,(H,19,21)/p+1. The quantitative estimate of drug-likeness (QED) is 0.763. The molecule has 1 unspecified atom stereocenters. The van der Waals surface area contributed by atoms with Crippen molar-refractivity contribution in [1.82, 2.24) is 5.32 Å². The summed E-state index contributed by atoms with van der Waals surface area (Å²) in [4.78, 5) is 13.1. The second kappa shape index (κ2) is 8.39. The van der Waals surface area contributed by atoms with E-state index in [2.05, 4.69) is 5.32 Å². The zero-order valence-electron chi connectivity index (χ0n) is 14.0. The summed E-state index contributed by atoms with van der Waals surface area (Å²) in [5.41, 5.74) is 1.10. The molecule has 0 aliphatic rings. The van der Waals surface area contributed by atoms with Crippen LogP contribution in [0.1, 0.15) is 17.1 Å². The maximum atomic E-state index is 12.0. The van der Waals surface area contributed by atoms with E-state index in [-0.39, 0.29) is 5.91 Å². The molecule has 0 fully saturated rings. The number of amides is 1. The van der Waals surface area contributed by atoms with Gasteiger partial charge in [-0.25, -0.2) is 0 Å². The lowest BCUT2D eigenvalue weighted by atomic mass is 10.1. The lowest BCUT2D eigenvalue weighted by molar-refractivity contribution is -0.886. The fourth-order valence-electron chi connectivity index (χ4n) is 2.52. The molecular formula is C18H25N2O3+. The van der Waals surface area contributed by atoms with Crippen LogP contribution >= 0.6 is 0 Å². The summed E-state index contributed by atoms with van der Waals surface area (Å²) < 4.78 is 10.8. The Balaban J connectivity index is 1.72. The lowest BCUT2D eigenvalue weighted by Crippen LogP contribution is -3.08. The average molecular weight is 317 g/mol. The molecule has 0 aliphatic heterocycles. The van der Waals surface area contributed by atoms with Crippen molar-refractivity contribution in [3.63, 3.8) is 0 Å². The molecule has 2 N–H and O–H groups in total. The van der Waals surface area contributed by atoms with Gasteiger partial charge in [0, 0.05) is 6.54 Å². The number of hydrogen-bond acceptors (Lipinski definition) is 3. The van der Waals surface area contributed by atoms with E-state index in [1.165, 1.54) is 0 Å². The van der Waals surface area contributed by atoms with Gasteiger partial charge in [-0.15, -0.1) is 0 Å². The molecule has 0 bridgehead atoms. The normalized spacial score (nSPS) is 12.0. The molecule has 0 spiro atoms. The molecule has 2 aromatic rings. The van der Waals surface area contributed by atoms with E-state index in [0.717, 1.165) is 34.2 Å². The van der Waals surface area contributed by atoms with Gasteiger partial charge in [-0.2, -0.15) is 0 Å². The van der Waals surface area contributed by atoms with Crippen molar-refractivity contribution in [3.05, 3.63) is 53.5 Å². The Morgan fingerprint density at radius 2 is 2.04 bits per heavy atom. The van der Waals surface area contributed by atoms with Crippen LogP contribution in [-0.2, 0) is 17.8 Å². The predicted molar refractivity (Wildman–Crippen MR) is 88.6 cm³/mol. The molecular weight excluding hydrogens is 292 g/mol. The van der Waals surface area contributed by atoms with Crippen LogP contribution < -0.4 is 15.0 Å². The summed E-state index contributed by atoms with van der Waals surface area (Å²) in [5, 5.41) is 2.96. The topological polar surface area (TPSA) is 55.9 Å². The maximum Gasteiger partial charge on any atom is 0.275 e. The number of furan rings is 1. The largest absolute Gasteiger partial charge is 0.496 e. The molecule has 0 saturated heterocycles. The highest BCUT2D eigenvalue weighted by atomic mass is 16.5. The van der Waals surface area contributed by atoms with E-state index in [4.69, 9.17) is 9.15 Å². The van der Waals surface area contributed by atoms with Crippen molar-refractivity contribution in [1.29, 1.82) is 0 Å². The lowest BCUT2D eigenvalue weighted by Gasteiger charge is -2.13. The van der Waals surface area contributed by atoms with Crippen LogP contribution in [0.2, 0.25) is 0 Å². The average Bonchev–Trinajstić information content (AvgIpc) is 2.92. The molecule has 0 aliphatic carbocycles. The first-order valence-electron chi connectivity index (χ1n) is 7.83. The van der Waals surface area contributed by atoms with Gasteiger partial charge < -0.3 is 19.4 Å². The Morgan fingerprint density at radius 3 is 2.74 bits per heavy atom. The van der Waals surface area contributed by atoms with Gasteiger partial charge in [-0.3, -0.25) is 4.79 Å². The highest BCUT2D eigenvalue weighted by Crippen LogP contribution is 2.17. The third-order valence-corrected chi connectivity index (χ3v) is 3.64. The summed E-state index contributed by atoms with van der Waals surface area (Å²) in [5.74, 6) is 2.70. The van der Waals surface area contributed by atoms with E-state index in [1.54, 1.807) is 7.11 Å². The smallest absolute Gasteiger partial charge is 0.275 e.